The Labute approximate surface area is 225 Å². The van der Waals surface area contributed by atoms with Crippen LogP contribution in [0.2, 0.25) is 0 Å². The molecule has 38 heavy (non-hydrogen) atoms. The zero-order valence-electron chi connectivity index (χ0n) is 20.8. The first-order chi connectivity index (χ1) is 18.6. The number of ether oxygens (including phenoxy) is 3. The molecule has 1 saturated heterocycles. The molecule has 1 fully saturated rings. The molecule has 8 heteroatoms. The van der Waals surface area contributed by atoms with Crippen LogP contribution in [0.15, 0.2) is 83.6 Å². The fraction of sp³-hybridized carbons (Fsp3) is 0.267. The van der Waals surface area contributed by atoms with E-state index in [1.165, 1.54) is 16.2 Å². The first kappa shape index (κ1) is 25.8. The van der Waals surface area contributed by atoms with Gasteiger partial charge in [0.25, 0.3) is 0 Å². The number of esters is 1. The number of hydrogen-bond donors (Lipinski definition) is 0. The zero-order chi connectivity index (χ0) is 26.3. The van der Waals surface area contributed by atoms with Crippen molar-refractivity contribution >= 4 is 34.2 Å². The van der Waals surface area contributed by atoms with Gasteiger partial charge in [0.15, 0.2) is 0 Å². The van der Waals surface area contributed by atoms with Crippen molar-refractivity contribution in [2.45, 2.75) is 25.0 Å². The zero-order valence-corrected chi connectivity index (χ0v) is 21.6. The third-order valence-corrected chi connectivity index (χ3v) is 7.43. The molecule has 0 aliphatic carbocycles. The van der Waals surface area contributed by atoms with Gasteiger partial charge in [0.2, 0.25) is 0 Å². The molecule has 2 unspecified atom stereocenters. The number of amides is 1. The minimum absolute atomic E-state index is 0.0340. The topological polar surface area (TPSA) is 88.1 Å². The molecule has 2 heterocycles. The summed E-state index contributed by atoms with van der Waals surface area (Å²) in [6, 6.07) is 23.8. The normalized spacial score (nSPS) is 17.3. The lowest BCUT2D eigenvalue weighted by Gasteiger charge is -2.40. The largest absolute Gasteiger partial charge is 0.530 e. The molecule has 1 aliphatic rings. The van der Waals surface area contributed by atoms with Crippen molar-refractivity contribution in [3.05, 3.63) is 100 Å². The molecule has 0 bridgehead atoms. The number of fused-ring (bicyclic) bond motifs is 1. The van der Waals surface area contributed by atoms with E-state index in [-0.39, 0.29) is 37.7 Å². The quantitative estimate of drug-likeness (QED) is 0.227. The highest BCUT2D eigenvalue weighted by atomic mass is 32.1. The summed E-state index contributed by atoms with van der Waals surface area (Å²) in [7, 11) is 0. The van der Waals surface area contributed by atoms with E-state index in [2.05, 4.69) is 24.3 Å². The van der Waals surface area contributed by atoms with Gasteiger partial charge in [0.1, 0.15) is 25.1 Å². The molecule has 1 aromatic heterocycles. The first-order valence-corrected chi connectivity index (χ1v) is 13.5. The highest BCUT2D eigenvalue weighted by molar-refractivity contribution is 7.08. The van der Waals surface area contributed by atoms with Gasteiger partial charge in [0.05, 0.1) is 18.3 Å². The highest BCUT2D eigenvalue weighted by Gasteiger charge is 2.31. The van der Waals surface area contributed by atoms with E-state index in [1.807, 2.05) is 47.8 Å². The van der Waals surface area contributed by atoms with Gasteiger partial charge in [-0.3, -0.25) is 0 Å². The van der Waals surface area contributed by atoms with Crippen molar-refractivity contribution in [2.24, 2.45) is 0 Å². The van der Waals surface area contributed by atoms with E-state index in [0.717, 1.165) is 21.9 Å². The predicted octanol–water partition coefficient (Wildman–Crippen LogP) is 4.86. The molecular formula is C30H28NO6S-. The number of piperidine rings is 1. The number of nitrogens with zero attached hydrogens (tertiary/aromatic N) is 1. The number of benzene rings is 3. The summed E-state index contributed by atoms with van der Waals surface area (Å²) in [5.41, 5.74) is 2.64. The second-order valence-corrected chi connectivity index (χ2v) is 9.98. The molecule has 1 aliphatic heterocycles. The number of carbonyl (C=O) groups excluding carboxylic acids is 2. The van der Waals surface area contributed by atoms with Crippen LogP contribution in [0.4, 0.5) is 4.79 Å². The summed E-state index contributed by atoms with van der Waals surface area (Å²) in [5, 5.41) is 17.4. The Bertz CT molecular complexity index is 1370. The van der Waals surface area contributed by atoms with Gasteiger partial charge in [-0.05, 0) is 58.0 Å². The van der Waals surface area contributed by atoms with Gasteiger partial charge in [0, 0.05) is 24.4 Å². The van der Waals surface area contributed by atoms with Crippen molar-refractivity contribution in [3.63, 3.8) is 0 Å². The predicted molar refractivity (Wildman–Crippen MR) is 143 cm³/mol. The molecule has 3 aromatic carbocycles. The van der Waals surface area contributed by atoms with E-state index < -0.39 is 6.09 Å². The Morgan fingerprint density at radius 3 is 2.55 bits per heavy atom. The lowest BCUT2D eigenvalue weighted by molar-refractivity contribution is -0.268. The molecule has 0 N–H and O–H groups in total. The Balaban J connectivity index is 1.19. The number of carboxylic acid groups (broad SMARTS) is 1. The smallest absolute Gasteiger partial charge is 0.339 e. The van der Waals surface area contributed by atoms with Crippen LogP contribution in [0.25, 0.3) is 10.8 Å². The van der Waals surface area contributed by atoms with Crippen LogP contribution >= 0.6 is 11.3 Å². The summed E-state index contributed by atoms with van der Waals surface area (Å²) in [6.07, 6.45) is -0.850. The fourth-order valence-corrected chi connectivity index (χ4v) is 5.36. The number of hydrogen-bond acceptors (Lipinski definition) is 7. The molecule has 0 saturated carbocycles. The number of likely N-dealkylation sites (tertiary alicyclic amines) is 1. The maximum atomic E-state index is 11.9. The maximum Gasteiger partial charge on any atom is 0.339 e. The lowest BCUT2D eigenvalue weighted by atomic mass is 9.87. The van der Waals surface area contributed by atoms with Gasteiger partial charge >= 0.3 is 5.97 Å². The Morgan fingerprint density at radius 1 is 0.974 bits per heavy atom. The van der Waals surface area contributed by atoms with Crippen molar-refractivity contribution in [1.82, 2.24) is 4.90 Å². The Kier molecular flexibility index (Phi) is 8.21. The van der Waals surface area contributed by atoms with Crippen LogP contribution in [0.1, 0.15) is 33.8 Å². The van der Waals surface area contributed by atoms with Gasteiger partial charge in [-0.15, -0.1) is 0 Å². The minimum Gasteiger partial charge on any atom is -0.530 e. The molecule has 2 atom stereocenters. The molecule has 4 aromatic rings. The molecule has 0 spiro atoms. The van der Waals surface area contributed by atoms with Crippen LogP contribution in [0.5, 0.6) is 5.75 Å². The summed E-state index contributed by atoms with van der Waals surface area (Å²) in [6.45, 7) is 1.45. The second-order valence-electron chi connectivity index (χ2n) is 9.20. The molecule has 5 rings (SSSR count). The van der Waals surface area contributed by atoms with Crippen LogP contribution in [0, 0.1) is 0 Å². The number of thiophene rings is 1. The third-order valence-electron chi connectivity index (χ3n) is 6.75. The van der Waals surface area contributed by atoms with Gasteiger partial charge < -0.3 is 29.0 Å². The molecular weight excluding hydrogens is 502 g/mol. The number of carbonyl (C=O) groups is 2. The van der Waals surface area contributed by atoms with Crippen molar-refractivity contribution in [2.75, 3.05) is 26.3 Å². The van der Waals surface area contributed by atoms with E-state index in [4.69, 9.17) is 14.2 Å². The number of rotatable bonds is 9. The summed E-state index contributed by atoms with van der Waals surface area (Å²) < 4.78 is 17.3. The van der Waals surface area contributed by atoms with E-state index in [9.17, 15) is 14.7 Å². The first-order valence-electron chi connectivity index (χ1n) is 12.5. The Hall–Kier alpha value is -3.88. The fourth-order valence-electron chi connectivity index (χ4n) is 4.73. The standard InChI is InChI=1S/C30H29NO6S/c32-29(25-12-16-38-20-25)36-15-14-35-26-9-7-23(8-10-26)27-11-13-31(30(33)34)18-28(27)37-19-21-5-6-22-3-1-2-4-24(22)17-21/h1-10,12,16-17,20,27-28H,11,13-15,18-19H2,(H,33,34)/p-1. The van der Waals surface area contributed by atoms with Crippen molar-refractivity contribution in [3.8, 4) is 5.75 Å². The monoisotopic (exact) mass is 530 g/mol. The second kappa shape index (κ2) is 12.1. The average molecular weight is 531 g/mol. The van der Waals surface area contributed by atoms with Crippen LogP contribution in [-0.2, 0) is 16.1 Å². The van der Waals surface area contributed by atoms with Gasteiger partial charge in [-0.2, -0.15) is 11.3 Å². The van der Waals surface area contributed by atoms with Crippen molar-refractivity contribution in [1.29, 1.82) is 0 Å². The average Bonchev–Trinajstić information content (AvgIpc) is 3.50. The summed E-state index contributed by atoms with van der Waals surface area (Å²) in [5.74, 6) is 0.343. The SMILES string of the molecule is O=C(OCCOc1ccc(C2CCN(C(=O)[O-])CC2OCc2ccc3ccccc3c2)cc1)c1ccsc1. The molecule has 7 nitrogen and oxygen atoms in total. The highest BCUT2D eigenvalue weighted by Crippen LogP contribution is 2.32. The van der Waals surface area contributed by atoms with E-state index in [1.54, 1.807) is 11.4 Å². The van der Waals surface area contributed by atoms with Crippen molar-refractivity contribution < 1.29 is 28.9 Å². The maximum absolute atomic E-state index is 11.9. The Morgan fingerprint density at radius 2 is 1.79 bits per heavy atom. The molecule has 0 radical (unpaired) electrons. The van der Waals surface area contributed by atoms with E-state index >= 15 is 0 Å². The van der Waals surface area contributed by atoms with Gasteiger partial charge in [-0.25, -0.2) is 4.79 Å². The summed E-state index contributed by atoms with van der Waals surface area (Å²) >= 11 is 1.44. The van der Waals surface area contributed by atoms with Gasteiger partial charge in [-0.1, -0.05) is 48.5 Å². The van der Waals surface area contributed by atoms with Crippen LogP contribution < -0.4 is 9.84 Å². The van der Waals surface area contributed by atoms with E-state index in [0.29, 0.717) is 30.9 Å². The minimum atomic E-state index is -1.17. The molecule has 1 amide bonds. The van der Waals surface area contributed by atoms with Crippen LogP contribution in [0.3, 0.4) is 0 Å². The lowest BCUT2D eigenvalue weighted by Crippen LogP contribution is -2.51. The van der Waals surface area contributed by atoms with Crippen LogP contribution in [-0.4, -0.2) is 49.4 Å². The molecule has 196 valence electrons. The third kappa shape index (κ3) is 6.33. The summed E-state index contributed by atoms with van der Waals surface area (Å²) in [4.78, 5) is 24.8.